The fourth-order valence-electron chi connectivity index (χ4n) is 1.57. The molecule has 1 aliphatic rings. The zero-order chi connectivity index (χ0) is 11.5. The van der Waals surface area contributed by atoms with Crippen LogP contribution in [0.25, 0.3) is 5.70 Å². The SMILES string of the molecule is C/C=C1\C=NC(c2ccc(C(C)C)cn2)=C1. The van der Waals surface area contributed by atoms with Gasteiger partial charge in [0, 0.05) is 12.4 Å². The highest BCUT2D eigenvalue weighted by Crippen LogP contribution is 2.22. The Morgan fingerprint density at radius 1 is 1.25 bits per heavy atom. The third-order valence-electron chi connectivity index (χ3n) is 2.70. The zero-order valence-corrected chi connectivity index (χ0v) is 9.94. The molecule has 1 aromatic rings. The molecule has 0 radical (unpaired) electrons. The quantitative estimate of drug-likeness (QED) is 0.735. The third-order valence-corrected chi connectivity index (χ3v) is 2.70. The van der Waals surface area contributed by atoms with Gasteiger partial charge in [0.05, 0.1) is 11.4 Å². The molecule has 0 aromatic carbocycles. The van der Waals surface area contributed by atoms with Crippen LogP contribution in [0.15, 0.2) is 41.0 Å². The Morgan fingerprint density at radius 3 is 2.56 bits per heavy atom. The molecule has 0 saturated heterocycles. The first-order valence-electron chi connectivity index (χ1n) is 5.59. The Hall–Kier alpha value is -1.70. The van der Waals surface area contributed by atoms with E-state index in [0.29, 0.717) is 5.92 Å². The Labute approximate surface area is 96.4 Å². The van der Waals surface area contributed by atoms with Gasteiger partial charge < -0.3 is 0 Å². The lowest BCUT2D eigenvalue weighted by Gasteiger charge is -2.05. The average molecular weight is 212 g/mol. The van der Waals surface area contributed by atoms with Crippen molar-refractivity contribution >= 4 is 11.9 Å². The van der Waals surface area contributed by atoms with Crippen molar-refractivity contribution in [2.24, 2.45) is 4.99 Å². The molecule has 2 heterocycles. The largest absolute Gasteiger partial charge is 0.254 e. The fourth-order valence-corrected chi connectivity index (χ4v) is 1.57. The van der Waals surface area contributed by atoms with E-state index in [9.17, 15) is 0 Å². The monoisotopic (exact) mass is 212 g/mol. The number of aromatic nitrogens is 1. The highest BCUT2D eigenvalue weighted by Gasteiger charge is 2.07. The van der Waals surface area contributed by atoms with Crippen molar-refractivity contribution in [3.63, 3.8) is 0 Å². The first-order chi connectivity index (χ1) is 7.70. The van der Waals surface area contributed by atoms with Gasteiger partial charge in [-0.1, -0.05) is 26.0 Å². The first kappa shape index (κ1) is 10.8. The van der Waals surface area contributed by atoms with Crippen molar-refractivity contribution in [2.75, 3.05) is 0 Å². The molecule has 16 heavy (non-hydrogen) atoms. The predicted octanol–water partition coefficient (Wildman–Crippen LogP) is 3.58. The smallest absolute Gasteiger partial charge is 0.0892 e. The maximum atomic E-state index is 4.44. The lowest BCUT2D eigenvalue weighted by molar-refractivity contribution is 0.857. The van der Waals surface area contributed by atoms with Crippen LogP contribution in [0, 0.1) is 0 Å². The summed E-state index contributed by atoms with van der Waals surface area (Å²) in [4.78, 5) is 8.78. The molecule has 0 N–H and O–H groups in total. The van der Waals surface area contributed by atoms with Crippen molar-refractivity contribution in [2.45, 2.75) is 26.7 Å². The van der Waals surface area contributed by atoms with Crippen LogP contribution in [-0.2, 0) is 0 Å². The van der Waals surface area contributed by atoms with E-state index in [1.54, 1.807) is 0 Å². The lowest BCUT2D eigenvalue weighted by atomic mass is 10.1. The van der Waals surface area contributed by atoms with Crippen LogP contribution in [0.3, 0.4) is 0 Å². The van der Waals surface area contributed by atoms with Gasteiger partial charge in [-0.2, -0.15) is 0 Å². The molecule has 2 heteroatoms. The predicted molar refractivity (Wildman–Crippen MR) is 68.6 cm³/mol. The van der Waals surface area contributed by atoms with Crippen molar-refractivity contribution in [3.8, 4) is 0 Å². The van der Waals surface area contributed by atoms with E-state index in [4.69, 9.17) is 0 Å². The van der Waals surface area contributed by atoms with Crippen LogP contribution < -0.4 is 0 Å². The number of aliphatic imine (C=N–C) groups is 1. The molecule has 0 atom stereocenters. The highest BCUT2D eigenvalue weighted by atomic mass is 14.8. The molecule has 0 amide bonds. The first-order valence-corrected chi connectivity index (χ1v) is 5.59. The van der Waals surface area contributed by atoms with E-state index in [1.807, 2.05) is 31.5 Å². The molecule has 0 bridgehead atoms. The molecular weight excluding hydrogens is 196 g/mol. The topological polar surface area (TPSA) is 25.2 Å². The Bertz CT molecular complexity index is 462. The summed E-state index contributed by atoms with van der Waals surface area (Å²) in [7, 11) is 0. The van der Waals surface area contributed by atoms with E-state index in [0.717, 1.165) is 17.0 Å². The molecule has 2 nitrogen and oxygen atoms in total. The summed E-state index contributed by atoms with van der Waals surface area (Å²) in [6, 6.07) is 4.16. The molecule has 2 rings (SSSR count). The number of allylic oxidation sites excluding steroid dienone is 3. The lowest BCUT2D eigenvalue weighted by Crippen LogP contribution is -1.91. The summed E-state index contributed by atoms with van der Waals surface area (Å²) in [6.45, 7) is 6.35. The minimum Gasteiger partial charge on any atom is -0.254 e. The van der Waals surface area contributed by atoms with Gasteiger partial charge in [0.1, 0.15) is 0 Å². The Balaban J connectivity index is 2.27. The molecule has 1 aromatic heterocycles. The van der Waals surface area contributed by atoms with E-state index in [2.05, 4.69) is 36.0 Å². The van der Waals surface area contributed by atoms with Gasteiger partial charge in [0.15, 0.2) is 0 Å². The molecule has 0 spiro atoms. The van der Waals surface area contributed by atoms with Gasteiger partial charge in [0.25, 0.3) is 0 Å². The highest BCUT2D eigenvalue weighted by molar-refractivity contribution is 5.94. The van der Waals surface area contributed by atoms with E-state index < -0.39 is 0 Å². The summed E-state index contributed by atoms with van der Waals surface area (Å²) < 4.78 is 0. The summed E-state index contributed by atoms with van der Waals surface area (Å²) in [6.07, 6.45) is 7.90. The Kier molecular flexibility index (Phi) is 3.00. The van der Waals surface area contributed by atoms with Crippen LogP contribution in [0.1, 0.15) is 37.9 Å². The minimum atomic E-state index is 0.522. The maximum Gasteiger partial charge on any atom is 0.0892 e. The zero-order valence-electron chi connectivity index (χ0n) is 9.94. The Morgan fingerprint density at radius 2 is 2.06 bits per heavy atom. The van der Waals surface area contributed by atoms with Crippen LogP contribution in [0.4, 0.5) is 0 Å². The second kappa shape index (κ2) is 4.44. The summed E-state index contributed by atoms with van der Waals surface area (Å²) >= 11 is 0. The average Bonchev–Trinajstić information content (AvgIpc) is 2.77. The number of hydrogen-bond acceptors (Lipinski definition) is 2. The fraction of sp³-hybridized carbons (Fsp3) is 0.286. The number of hydrogen-bond donors (Lipinski definition) is 0. The normalized spacial score (nSPS) is 17.2. The van der Waals surface area contributed by atoms with Gasteiger partial charge in [-0.15, -0.1) is 0 Å². The van der Waals surface area contributed by atoms with E-state index in [-0.39, 0.29) is 0 Å². The van der Waals surface area contributed by atoms with Crippen LogP contribution in [-0.4, -0.2) is 11.2 Å². The van der Waals surface area contributed by atoms with Crippen LogP contribution in [0.2, 0.25) is 0 Å². The van der Waals surface area contributed by atoms with Gasteiger partial charge in [-0.05, 0) is 36.1 Å². The number of nitrogens with zero attached hydrogens (tertiary/aromatic N) is 2. The molecule has 82 valence electrons. The molecular formula is C14H16N2. The summed E-state index contributed by atoms with van der Waals surface area (Å²) in [5.74, 6) is 0.522. The van der Waals surface area contributed by atoms with Gasteiger partial charge in [0.2, 0.25) is 0 Å². The molecule has 1 aliphatic heterocycles. The minimum absolute atomic E-state index is 0.522. The van der Waals surface area contributed by atoms with Gasteiger partial charge in [-0.25, -0.2) is 0 Å². The van der Waals surface area contributed by atoms with Gasteiger partial charge in [-0.3, -0.25) is 9.98 Å². The molecule has 0 saturated carbocycles. The molecule has 0 fully saturated rings. The standard InChI is InChI=1S/C14H16N2/c1-4-11-7-14(15-8-11)13-6-5-12(9-16-13)10(2)3/h4-10H,1-3H3/b11-4-. The van der Waals surface area contributed by atoms with E-state index >= 15 is 0 Å². The number of rotatable bonds is 2. The second-order valence-corrected chi connectivity index (χ2v) is 4.21. The maximum absolute atomic E-state index is 4.44. The summed E-state index contributed by atoms with van der Waals surface area (Å²) in [5, 5.41) is 0. The van der Waals surface area contributed by atoms with Crippen LogP contribution >= 0.6 is 0 Å². The van der Waals surface area contributed by atoms with Crippen molar-refractivity contribution in [1.29, 1.82) is 0 Å². The molecule has 0 unspecified atom stereocenters. The molecule has 0 aliphatic carbocycles. The van der Waals surface area contributed by atoms with E-state index in [1.165, 1.54) is 5.56 Å². The van der Waals surface area contributed by atoms with Crippen molar-refractivity contribution in [3.05, 3.63) is 47.3 Å². The van der Waals surface area contributed by atoms with Crippen LogP contribution in [0.5, 0.6) is 0 Å². The van der Waals surface area contributed by atoms with Crippen molar-refractivity contribution in [1.82, 2.24) is 4.98 Å². The van der Waals surface area contributed by atoms with Gasteiger partial charge >= 0.3 is 0 Å². The number of pyridine rings is 1. The third kappa shape index (κ3) is 2.11. The summed E-state index contributed by atoms with van der Waals surface area (Å²) in [5.41, 5.74) is 4.29. The second-order valence-electron chi connectivity index (χ2n) is 4.21. The van der Waals surface area contributed by atoms with Crippen molar-refractivity contribution < 1.29 is 0 Å².